The fourth-order valence-electron chi connectivity index (χ4n) is 0.643. The van der Waals surface area contributed by atoms with E-state index in [4.69, 9.17) is 5.26 Å². The molecule has 0 radical (unpaired) electrons. The van der Waals surface area contributed by atoms with Crippen LogP contribution in [0.3, 0.4) is 0 Å². The Kier molecular flexibility index (Phi) is 1.65. The summed E-state index contributed by atoms with van der Waals surface area (Å²) in [5.74, 6) is 0. The summed E-state index contributed by atoms with van der Waals surface area (Å²) >= 11 is 0. The molecule has 0 saturated carbocycles. The first-order valence-electron chi connectivity index (χ1n) is 3.37. The van der Waals surface area contributed by atoms with Gasteiger partial charge in [0.1, 0.15) is 6.07 Å². The number of rotatable bonds is 0. The van der Waals surface area contributed by atoms with Crippen LogP contribution in [-0.2, 0) is 5.54 Å². The maximum absolute atomic E-state index is 8.45. The van der Waals surface area contributed by atoms with Gasteiger partial charge in [-0.25, -0.2) is 4.68 Å². The van der Waals surface area contributed by atoms with Gasteiger partial charge in [0, 0.05) is 0 Å². The number of hydrogen-bond acceptors (Lipinski definition) is 3. The molecular weight excluding hydrogens is 140 g/mol. The molecule has 58 valence electrons. The molecule has 0 amide bonds. The molecule has 4 nitrogen and oxygen atoms in total. The molecule has 0 aliphatic rings. The molecule has 0 fully saturated rings. The van der Waals surface area contributed by atoms with Gasteiger partial charge < -0.3 is 0 Å². The molecule has 1 heterocycles. The highest BCUT2D eigenvalue weighted by Gasteiger charge is 2.14. The Bertz CT molecular complexity index is 286. The van der Waals surface area contributed by atoms with Gasteiger partial charge in [0.15, 0.2) is 5.69 Å². The molecule has 0 bridgehead atoms. The Hall–Kier alpha value is -1.37. The van der Waals surface area contributed by atoms with E-state index in [1.165, 1.54) is 0 Å². The van der Waals surface area contributed by atoms with Crippen LogP contribution in [0.5, 0.6) is 0 Å². The van der Waals surface area contributed by atoms with Gasteiger partial charge in [0.05, 0.1) is 11.7 Å². The van der Waals surface area contributed by atoms with Crippen molar-refractivity contribution in [3.05, 3.63) is 11.9 Å². The van der Waals surface area contributed by atoms with Gasteiger partial charge in [-0.3, -0.25) is 0 Å². The van der Waals surface area contributed by atoms with Gasteiger partial charge in [-0.1, -0.05) is 5.21 Å². The second-order valence-electron chi connectivity index (χ2n) is 3.33. The molecule has 4 heteroatoms. The van der Waals surface area contributed by atoms with E-state index >= 15 is 0 Å². The molecule has 1 rings (SSSR count). The Morgan fingerprint density at radius 1 is 1.55 bits per heavy atom. The second kappa shape index (κ2) is 2.35. The third kappa shape index (κ3) is 1.55. The van der Waals surface area contributed by atoms with Crippen LogP contribution in [0.1, 0.15) is 26.5 Å². The topological polar surface area (TPSA) is 54.5 Å². The van der Waals surface area contributed by atoms with Gasteiger partial charge in [-0.2, -0.15) is 5.26 Å². The first kappa shape index (κ1) is 7.73. The van der Waals surface area contributed by atoms with Crippen molar-refractivity contribution >= 4 is 0 Å². The quantitative estimate of drug-likeness (QED) is 0.552. The molecule has 0 saturated heterocycles. The summed E-state index contributed by atoms with van der Waals surface area (Å²) in [4.78, 5) is 0. The van der Waals surface area contributed by atoms with Crippen molar-refractivity contribution in [2.24, 2.45) is 0 Å². The monoisotopic (exact) mass is 150 g/mol. The third-order valence-corrected chi connectivity index (χ3v) is 1.30. The Morgan fingerprint density at radius 2 is 2.18 bits per heavy atom. The summed E-state index contributed by atoms with van der Waals surface area (Å²) < 4.78 is 1.67. The van der Waals surface area contributed by atoms with Crippen molar-refractivity contribution in [1.82, 2.24) is 15.0 Å². The fraction of sp³-hybridized carbons (Fsp3) is 0.571. The van der Waals surface area contributed by atoms with E-state index in [1.54, 1.807) is 10.9 Å². The minimum atomic E-state index is -0.0951. The Labute approximate surface area is 65.4 Å². The van der Waals surface area contributed by atoms with E-state index in [1.807, 2.05) is 26.8 Å². The molecule has 0 N–H and O–H groups in total. The molecule has 1 aromatic rings. The molecule has 0 aliphatic heterocycles. The van der Waals surface area contributed by atoms with Crippen LogP contribution in [-0.4, -0.2) is 15.0 Å². The van der Waals surface area contributed by atoms with Gasteiger partial charge in [-0.15, -0.1) is 5.10 Å². The molecule has 1 aromatic heterocycles. The summed E-state index contributed by atoms with van der Waals surface area (Å²) in [5, 5.41) is 15.9. The lowest BCUT2D eigenvalue weighted by Gasteiger charge is -2.17. The van der Waals surface area contributed by atoms with Gasteiger partial charge in [0.2, 0.25) is 0 Å². The van der Waals surface area contributed by atoms with E-state index in [0.29, 0.717) is 5.69 Å². The molecule has 0 aromatic carbocycles. The number of hydrogen-bond donors (Lipinski definition) is 0. The molecule has 11 heavy (non-hydrogen) atoms. The number of nitrogens with zero attached hydrogens (tertiary/aromatic N) is 4. The first-order valence-corrected chi connectivity index (χ1v) is 3.37. The largest absolute Gasteiger partial charge is 0.246 e. The van der Waals surface area contributed by atoms with Crippen molar-refractivity contribution < 1.29 is 0 Å². The van der Waals surface area contributed by atoms with Crippen molar-refractivity contribution in [3.8, 4) is 6.07 Å². The Morgan fingerprint density at radius 3 is 2.45 bits per heavy atom. The zero-order valence-corrected chi connectivity index (χ0v) is 6.87. The maximum Gasteiger partial charge on any atom is 0.182 e. The summed E-state index contributed by atoms with van der Waals surface area (Å²) in [5.41, 5.74) is 0.266. The smallest absolute Gasteiger partial charge is 0.182 e. The summed E-state index contributed by atoms with van der Waals surface area (Å²) in [6.07, 6.45) is 1.64. The lowest BCUT2D eigenvalue weighted by Crippen LogP contribution is -2.22. The van der Waals surface area contributed by atoms with E-state index in [0.717, 1.165) is 0 Å². The second-order valence-corrected chi connectivity index (χ2v) is 3.33. The van der Waals surface area contributed by atoms with Gasteiger partial charge in [0.25, 0.3) is 0 Å². The highest BCUT2D eigenvalue weighted by atomic mass is 15.4. The molecule has 0 atom stereocenters. The van der Waals surface area contributed by atoms with Crippen LogP contribution in [0.25, 0.3) is 0 Å². The lowest BCUT2D eigenvalue weighted by atomic mass is 10.1. The lowest BCUT2D eigenvalue weighted by molar-refractivity contribution is 0.347. The van der Waals surface area contributed by atoms with Crippen LogP contribution in [0, 0.1) is 11.3 Å². The van der Waals surface area contributed by atoms with E-state index in [2.05, 4.69) is 10.3 Å². The normalized spacial score (nSPS) is 11.1. The minimum absolute atomic E-state index is 0.0951. The van der Waals surface area contributed by atoms with E-state index in [-0.39, 0.29) is 5.54 Å². The van der Waals surface area contributed by atoms with Crippen LogP contribution in [0.15, 0.2) is 6.20 Å². The Balaban J connectivity index is 3.01. The molecule has 0 spiro atoms. The van der Waals surface area contributed by atoms with Crippen molar-refractivity contribution in [1.29, 1.82) is 5.26 Å². The minimum Gasteiger partial charge on any atom is -0.246 e. The maximum atomic E-state index is 8.45. The van der Waals surface area contributed by atoms with E-state index in [9.17, 15) is 0 Å². The molecule has 0 aliphatic carbocycles. The average Bonchev–Trinajstić information content (AvgIpc) is 2.32. The van der Waals surface area contributed by atoms with Crippen LogP contribution >= 0.6 is 0 Å². The van der Waals surface area contributed by atoms with Gasteiger partial charge in [-0.05, 0) is 20.8 Å². The van der Waals surface area contributed by atoms with Crippen LogP contribution in [0.4, 0.5) is 0 Å². The summed E-state index contributed by atoms with van der Waals surface area (Å²) in [7, 11) is 0. The highest BCUT2D eigenvalue weighted by Crippen LogP contribution is 2.10. The predicted octanol–water partition coefficient (Wildman–Crippen LogP) is 0.905. The number of aromatic nitrogens is 3. The van der Waals surface area contributed by atoms with Crippen molar-refractivity contribution in [2.45, 2.75) is 26.3 Å². The molecular formula is C7H10N4. The average molecular weight is 150 g/mol. The van der Waals surface area contributed by atoms with Crippen LogP contribution in [0.2, 0.25) is 0 Å². The zero-order valence-electron chi connectivity index (χ0n) is 6.87. The highest BCUT2D eigenvalue weighted by molar-refractivity contribution is 5.13. The van der Waals surface area contributed by atoms with Gasteiger partial charge >= 0.3 is 0 Å². The fourth-order valence-corrected chi connectivity index (χ4v) is 0.643. The van der Waals surface area contributed by atoms with E-state index < -0.39 is 0 Å². The predicted molar refractivity (Wildman–Crippen MR) is 39.7 cm³/mol. The zero-order chi connectivity index (χ0) is 8.48. The third-order valence-electron chi connectivity index (χ3n) is 1.30. The standard InChI is InChI=1S/C7H10N4/c1-7(2,3)11-5-6(4-8)9-10-11/h5H,1-3H3. The van der Waals surface area contributed by atoms with Crippen LogP contribution < -0.4 is 0 Å². The van der Waals surface area contributed by atoms with Crippen molar-refractivity contribution in [2.75, 3.05) is 0 Å². The summed E-state index contributed by atoms with van der Waals surface area (Å²) in [6.45, 7) is 6.01. The first-order chi connectivity index (χ1) is 5.04. The SMILES string of the molecule is CC(C)(C)n1cc(C#N)nn1. The number of nitriles is 1. The van der Waals surface area contributed by atoms with Crippen molar-refractivity contribution in [3.63, 3.8) is 0 Å². The summed E-state index contributed by atoms with van der Waals surface area (Å²) in [6, 6.07) is 1.92. The molecule has 0 unspecified atom stereocenters.